The molecule has 1 unspecified atom stereocenters. The molecule has 0 spiro atoms. The number of aromatic nitrogens is 3. The number of pyridine rings is 1. The van der Waals surface area contributed by atoms with E-state index >= 15 is 0 Å². The van der Waals surface area contributed by atoms with Crippen LogP contribution in [0.1, 0.15) is 42.5 Å². The molecule has 0 amide bonds. The highest BCUT2D eigenvalue weighted by atomic mass is 16.5. The Morgan fingerprint density at radius 1 is 1.33 bits per heavy atom. The van der Waals surface area contributed by atoms with Crippen molar-refractivity contribution < 1.29 is 9.26 Å². The van der Waals surface area contributed by atoms with E-state index in [2.05, 4.69) is 15.1 Å². The first kappa shape index (κ1) is 14.2. The van der Waals surface area contributed by atoms with E-state index < -0.39 is 0 Å². The van der Waals surface area contributed by atoms with Crippen molar-refractivity contribution in [2.24, 2.45) is 5.73 Å². The van der Waals surface area contributed by atoms with E-state index in [4.69, 9.17) is 15.0 Å². The Morgan fingerprint density at radius 3 is 2.81 bits per heavy atom. The number of aryl methyl sites for hydroxylation is 2. The Morgan fingerprint density at radius 2 is 2.14 bits per heavy atom. The summed E-state index contributed by atoms with van der Waals surface area (Å²) in [5.74, 6) is 0.929. The van der Waals surface area contributed by atoms with Crippen LogP contribution in [-0.4, -0.2) is 27.8 Å². The normalized spacial score (nSPS) is 16.7. The van der Waals surface area contributed by atoms with Gasteiger partial charge in [0.2, 0.25) is 0 Å². The summed E-state index contributed by atoms with van der Waals surface area (Å²) in [6.45, 7) is 4.30. The molecule has 2 N–H and O–H groups in total. The van der Waals surface area contributed by atoms with Gasteiger partial charge in [0.25, 0.3) is 5.89 Å². The predicted octanol–water partition coefficient (Wildman–Crippen LogP) is 2.32. The molecule has 0 bridgehead atoms. The number of ether oxygens (including phenoxy) is 1. The molecule has 1 fully saturated rings. The van der Waals surface area contributed by atoms with E-state index in [0.717, 1.165) is 29.8 Å². The third kappa shape index (κ3) is 3.11. The lowest BCUT2D eigenvalue weighted by Crippen LogP contribution is -2.27. The first-order chi connectivity index (χ1) is 10.1. The Labute approximate surface area is 123 Å². The molecule has 0 saturated heterocycles. The zero-order valence-electron chi connectivity index (χ0n) is 12.4. The Hall–Kier alpha value is -1.79. The smallest absolute Gasteiger partial charge is 0.259 e. The third-order valence-electron chi connectivity index (χ3n) is 3.79. The van der Waals surface area contributed by atoms with Gasteiger partial charge in [-0.25, -0.2) is 0 Å². The summed E-state index contributed by atoms with van der Waals surface area (Å²) in [5, 5.41) is 3.96. The van der Waals surface area contributed by atoms with E-state index in [9.17, 15) is 0 Å². The van der Waals surface area contributed by atoms with Crippen molar-refractivity contribution in [3.05, 3.63) is 29.3 Å². The van der Waals surface area contributed by atoms with Crippen LogP contribution in [0.3, 0.4) is 0 Å². The molecule has 21 heavy (non-hydrogen) atoms. The maximum atomic E-state index is 6.05. The molecule has 1 saturated carbocycles. The molecule has 0 aliphatic heterocycles. The highest BCUT2D eigenvalue weighted by Crippen LogP contribution is 2.24. The van der Waals surface area contributed by atoms with Gasteiger partial charge < -0.3 is 15.0 Å². The van der Waals surface area contributed by atoms with Crippen LogP contribution in [0.5, 0.6) is 0 Å². The molecule has 1 atom stereocenters. The van der Waals surface area contributed by atoms with Crippen LogP contribution in [0.4, 0.5) is 0 Å². The number of rotatable bonds is 5. The fraction of sp³-hybridized carbons (Fsp3) is 0.533. The average Bonchev–Trinajstić information content (AvgIpc) is 2.86. The number of nitrogens with two attached hydrogens (primary N) is 1. The second kappa shape index (κ2) is 5.91. The summed E-state index contributed by atoms with van der Waals surface area (Å²) in [7, 11) is 0. The molecular weight excluding hydrogens is 268 g/mol. The van der Waals surface area contributed by atoms with Gasteiger partial charge in [-0.2, -0.15) is 4.98 Å². The van der Waals surface area contributed by atoms with Crippen molar-refractivity contribution in [1.29, 1.82) is 0 Å². The van der Waals surface area contributed by atoms with Gasteiger partial charge in [-0.15, -0.1) is 0 Å². The van der Waals surface area contributed by atoms with E-state index in [-0.39, 0.29) is 6.04 Å². The summed E-state index contributed by atoms with van der Waals surface area (Å²) in [5.41, 5.74) is 8.71. The van der Waals surface area contributed by atoms with E-state index in [1.807, 2.05) is 26.0 Å². The molecule has 112 valence electrons. The molecule has 3 rings (SSSR count). The molecule has 2 aromatic rings. The molecule has 0 radical (unpaired) electrons. The molecule has 2 heterocycles. The fourth-order valence-electron chi connectivity index (χ4n) is 2.26. The van der Waals surface area contributed by atoms with Crippen molar-refractivity contribution in [3.63, 3.8) is 0 Å². The quantitative estimate of drug-likeness (QED) is 0.908. The summed E-state index contributed by atoms with van der Waals surface area (Å²) >= 11 is 0. The lowest BCUT2D eigenvalue weighted by atomic mass is 9.96. The first-order valence-electron chi connectivity index (χ1n) is 7.29. The standard InChI is InChI=1S/C15H20N4O2/c1-9-6-7-12(10(2)17-9)15-18-14(19-21-15)13(16)8-20-11-4-3-5-11/h6-7,11,13H,3-5,8,16H2,1-2H3. The topological polar surface area (TPSA) is 87.1 Å². The van der Waals surface area contributed by atoms with Crippen LogP contribution in [0.2, 0.25) is 0 Å². The molecule has 0 aromatic carbocycles. The van der Waals surface area contributed by atoms with Gasteiger partial charge in [0.05, 0.1) is 30.0 Å². The maximum Gasteiger partial charge on any atom is 0.259 e. The van der Waals surface area contributed by atoms with Crippen molar-refractivity contribution in [2.45, 2.75) is 45.3 Å². The Kier molecular flexibility index (Phi) is 3.98. The Balaban J connectivity index is 1.69. The van der Waals surface area contributed by atoms with Crippen LogP contribution >= 0.6 is 0 Å². The Bertz CT molecular complexity index is 622. The largest absolute Gasteiger partial charge is 0.376 e. The zero-order valence-corrected chi connectivity index (χ0v) is 12.4. The average molecular weight is 288 g/mol. The van der Waals surface area contributed by atoms with Gasteiger partial charge >= 0.3 is 0 Å². The number of hydrogen-bond donors (Lipinski definition) is 1. The monoisotopic (exact) mass is 288 g/mol. The third-order valence-corrected chi connectivity index (χ3v) is 3.79. The van der Waals surface area contributed by atoms with Crippen LogP contribution < -0.4 is 5.73 Å². The van der Waals surface area contributed by atoms with Gasteiger partial charge in [-0.05, 0) is 45.2 Å². The predicted molar refractivity (Wildman–Crippen MR) is 77.5 cm³/mol. The number of nitrogens with zero attached hydrogens (tertiary/aromatic N) is 3. The molecular formula is C15H20N4O2. The highest BCUT2D eigenvalue weighted by molar-refractivity contribution is 5.55. The van der Waals surface area contributed by atoms with Gasteiger partial charge in [0.1, 0.15) is 0 Å². The summed E-state index contributed by atoms with van der Waals surface area (Å²) in [6.07, 6.45) is 3.84. The zero-order chi connectivity index (χ0) is 14.8. The van der Waals surface area contributed by atoms with Crippen LogP contribution in [0.25, 0.3) is 11.5 Å². The van der Waals surface area contributed by atoms with Gasteiger partial charge in [0.15, 0.2) is 5.82 Å². The lowest BCUT2D eigenvalue weighted by Gasteiger charge is -2.26. The minimum atomic E-state index is -0.359. The minimum absolute atomic E-state index is 0.353. The fourth-order valence-corrected chi connectivity index (χ4v) is 2.26. The van der Waals surface area contributed by atoms with E-state index in [0.29, 0.717) is 24.4 Å². The van der Waals surface area contributed by atoms with Crippen LogP contribution in [0, 0.1) is 13.8 Å². The molecule has 6 nitrogen and oxygen atoms in total. The molecule has 1 aliphatic carbocycles. The first-order valence-corrected chi connectivity index (χ1v) is 7.29. The molecule has 2 aromatic heterocycles. The van der Waals surface area contributed by atoms with Gasteiger partial charge in [0, 0.05) is 5.69 Å². The SMILES string of the molecule is Cc1ccc(-c2nc(C(N)COC3CCC3)no2)c(C)n1. The van der Waals surface area contributed by atoms with Crippen LogP contribution in [-0.2, 0) is 4.74 Å². The minimum Gasteiger partial charge on any atom is -0.376 e. The maximum absolute atomic E-state index is 6.05. The summed E-state index contributed by atoms with van der Waals surface area (Å²) in [6, 6.07) is 3.50. The van der Waals surface area contributed by atoms with Crippen molar-refractivity contribution >= 4 is 0 Å². The van der Waals surface area contributed by atoms with Crippen molar-refractivity contribution in [1.82, 2.24) is 15.1 Å². The number of hydrogen-bond acceptors (Lipinski definition) is 6. The molecule has 6 heteroatoms. The van der Waals surface area contributed by atoms with Gasteiger partial charge in [-0.1, -0.05) is 5.16 Å². The van der Waals surface area contributed by atoms with E-state index in [1.165, 1.54) is 6.42 Å². The van der Waals surface area contributed by atoms with Crippen LogP contribution in [0.15, 0.2) is 16.7 Å². The summed E-state index contributed by atoms with van der Waals surface area (Å²) < 4.78 is 11.0. The highest BCUT2D eigenvalue weighted by Gasteiger charge is 2.22. The second-order valence-electron chi connectivity index (χ2n) is 5.54. The van der Waals surface area contributed by atoms with Crippen molar-refractivity contribution in [2.75, 3.05) is 6.61 Å². The van der Waals surface area contributed by atoms with Gasteiger partial charge in [-0.3, -0.25) is 4.98 Å². The molecule has 1 aliphatic rings. The van der Waals surface area contributed by atoms with E-state index in [1.54, 1.807) is 0 Å². The lowest BCUT2D eigenvalue weighted by molar-refractivity contribution is -0.00549. The van der Waals surface area contributed by atoms with Crippen molar-refractivity contribution in [3.8, 4) is 11.5 Å². The second-order valence-corrected chi connectivity index (χ2v) is 5.54. The summed E-state index contributed by atoms with van der Waals surface area (Å²) in [4.78, 5) is 8.77.